The summed E-state index contributed by atoms with van der Waals surface area (Å²) in [6.07, 6.45) is 6.08. The van der Waals surface area contributed by atoms with Gasteiger partial charge < -0.3 is 15.2 Å². The second-order valence-corrected chi connectivity index (χ2v) is 4.82. The fourth-order valence-corrected chi connectivity index (χ4v) is 2.06. The van der Waals surface area contributed by atoms with E-state index >= 15 is 0 Å². The molecule has 1 aliphatic heterocycles. The number of unbranched alkanes of at least 4 members (excludes halogenated alkanes) is 1. The van der Waals surface area contributed by atoms with Gasteiger partial charge in [0.25, 0.3) is 0 Å². The Balaban J connectivity index is 2.19. The zero-order valence-corrected chi connectivity index (χ0v) is 10.8. The molecule has 0 spiro atoms. The van der Waals surface area contributed by atoms with Crippen LogP contribution in [0.25, 0.3) is 0 Å². The molecule has 0 aliphatic carbocycles. The maximum atomic E-state index is 6.00. The van der Waals surface area contributed by atoms with Gasteiger partial charge in [-0.25, -0.2) is 0 Å². The minimum Gasteiger partial charge on any atom is -0.379 e. The highest BCUT2D eigenvalue weighted by molar-refractivity contribution is 4.77. The Morgan fingerprint density at radius 2 is 2.25 bits per heavy atom. The Labute approximate surface area is 99.7 Å². The first-order valence-corrected chi connectivity index (χ1v) is 6.72. The molecule has 0 aromatic carbocycles. The van der Waals surface area contributed by atoms with Gasteiger partial charge in [0.2, 0.25) is 0 Å². The zero-order valence-electron chi connectivity index (χ0n) is 10.8. The minimum absolute atomic E-state index is 0.115. The van der Waals surface area contributed by atoms with Gasteiger partial charge in [0.15, 0.2) is 0 Å². The third kappa shape index (κ3) is 4.81. The topological polar surface area (TPSA) is 44.5 Å². The first kappa shape index (κ1) is 13.9. The van der Waals surface area contributed by atoms with Crippen LogP contribution in [0.2, 0.25) is 0 Å². The Morgan fingerprint density at radius 1 is 1.44 bits per heavy atom. The van der Waals surface area contributed by atoms with E-state index in [1.54, 1.807) is 0 Å². The quantitative estimate of drug-likeness (QED) is 0.728. The van der Waals surface area contributed by atoms with E-state index in [9.17, 15) is 0 Å². The van der Waals surface area contributed by atoms with Crippen LogP contribution in [-0.2, 0) is 9.47 Å². The van der Waals surface area contributed by atoms with Crippen molar-refractivity contribution in [3.05, 3.63) is 0 Å². The van der Waals surface area contributed by atoms with E-state index in [0.717, 1.165) is 19.6 Å². The second-order valence-electron chi connectivity index (χ2n) is 4.82. The van der Waals surface area contributed by atoms with E-state index in [4.69, 9.17) is 15.2 Å². The fourth-order valence-electron chi connectivity index (χ4n) is 2.06. The number of nitrogens with two attached hydrogens (primary N) is 1. The summed E-state index contributed by atoms with van der Waals surface area (Å²) in [7, 11) is 0. The number of hydrogen-bond donors (Lipinski definition) is 1. The monoisotopic (exact) mass is 229 g/mol. The molecular formula is C13H27NO2. The summed E-state index contributed by atoms with van der Waals surface area (Å²) in [5.74, 6) is 0.689. The molecule has 0 saturated carbocycles. The molecule has 0 bridgehead atoms. The number of rotatable bonds is 7. The van der Waals surface area contributed by atoms with Crippen molar-refractivity contribution in [2.45, 2.75) is 58.1 Å². The normalized spacial score (nSPS) is 27.9. The average molecular weight is 229 g/mol. The predicted molar refractivity (Wildman–Crippen MR) is 66.5 cm³/mol. The third-order valence-electron chi connectivity index (χ3n) is 3.44. The summed E-state index contributed by atoms with van der Waals surface area (Å²) < 4.78 is 11.3. The Morgan fingerprint density at radius 3 is 2.88 bits per heavy atom. The predicted octanol–water partition coefficient (Wildman–Crippen LogP) is 2.34. The van der Waals surface area contributed by atoms with Gasteiger partial charge in [-0.2, -0.15) is 0 Å². The molecule has 3 nitrogen and oxygen atoms in total. The summed E-state index contributed by atoms with van der Waals surface area (Å²) in [5.41, 5.74) is 6.00. The number of hydrogen-bond acceptors (Lipinski definition) is 3. The van der Waals surface area contributed by atoms with E-state index in [2.05, 4.69) is 13.8 Å². The van der Waals surface area contributed by atoms with Crippen LogP contribution in [0.3, 0.4) is 0 Å². The van der Waals surface area contributed by atoms with Crippen molar-refractivity contribution < 1.29 is 9.47 Å². The largest absolute Gasteiger partial charge is 0.379 e. The van der Waals surface area contributed by atoms with Gasteiger partial charge in [0.1, 0.15) is 0 Å². The van der Waals surface area contributed by atoms with Crippen LogP contribution in [0, 0.1) is 5.92 Å². The maximum absolute atomic E-state index is 6.00. The lowest BCUT2D eigenvalue weighted by atomic mass is 10.00. The molecule has 0 aromatic rings. The fraction of sp³-hybridized carbons (Fsp3) is 1.00. The van der Waals surface area contributed by atoms with Gasteiger partial charge in [-0.1, -0.05) is 33.1 Å². The van der Waals surface area contributed by atoms with E-state index < -0.39 is 0 Å². The Hall–Kier alpha value is -0.120. The summed E-state index contributed by atoms with van der Waals surface area (Å²) in [6.45, 7) is 6.77. The van der Waals surface area contributed by atoms with Crippen LogP contribution < -0.4 is 5.73 Å². The summed E-state index contributed by atoms with van der Waals surface area (Å²) in [6, 6.07) is 0.164. The highest BCUT2D eigenvalue weighted by Crippen LogP contribution is 2.16. The lowest BCUT2D eigenvalue weighted by Gasteiger charge is -2.30. The molecule has 0 aromatic heterocycles. The second kappa shape index (κ2) is 8.04. The van der Waals surface area contributed by atoms with Crippen molar-refractivity contribution in [2.24, 2.45) is 11.7 Å². The van der Waals surface area contributed by atoms with Crippen molar-refractivity contribution >= 4 is 0 Å². The molecule has 0 radical (unpaired) electrons. The van der Waals surface area contributed by atoms with Gasteiger partial charge in [0.05, 0.1) is 12.7 Å². The van der Waals surface area contributed by atoms with Gasteiger partial charge >= 0.3 is 0 Å². The Bertz CT molecular complexity index is 175. The standard InChI is InChI=1S/C13H27NO2/c1-3-5-6-11(4-2)9-16-13-10-15-8-7-12(13)14/h11-13H,3-10,14H2,1-2H3. The first-order valence-electron chi connectivity index (χ1n) is 6.72. The smallest absolute Gasteiger partial charge is 0.0959 e. The van der Waals surface area contributed by atoms with Crippen molar-refractivity contribution in [1.82, 2.24) is 0 Å². The molecule has 3 atom stereocenters. The molecule has 1 rings (SSSR count). The third-order valence-corrected chi connectivity index (χ3v) is 3.44. The van der Waals surface area contributed by atoms with Gasteiger partial charge in [-0.3, -0.25) is 0 Å². The van der Waals surface area contributed by atoms with Crippen LogP contribution in [0.1, 0.15) is 46.0 Å². The van der Waals surface area contributed by atoms with E-state index in [1.807, 2.05) is 0 Å². The van der Waals surface area contributed by atoms with E-state index in [-0.39, 0.29) is 12.1 Å². The molecule has 0 amide bonds. The minimum atomic E-state index is 0.115. The van der Waals surface area contributed by atoms with Crippen LogP contribution >= 0.6 is 0 Å². The van der Waals surface area contributed by atoms with Crippen LogP contribution in [0.5, 0.6) is 0 Å². The molecular weight excluding hydrogens is 202 g/mol. The van der Waals surface area contributed by atoms with Crippen molar-refractivity contribution in [2.75, 3.05) is 19.8 Å². The van der Waals surface area contributed by atoms with Crippen molar-refractivity contribution in [3.63, 3.8) is 0 Å². The summed E-state index contributed by atoms with van der Waals surface area (Å²) in [5, 5.41) is 0. The molecule has 16 heavy (non-hydrogen) atoms. The number of ether oxygens (including phenoxy) is 2. The maximum Gasteiger partial charge on any atom is 0.0959 e. The summed E-state index contributed by atoms with van der Waals surface area (Å²) >= 11 is 0. The molecule has 3 heteroatoms. The molecule has 1 aliphatic rings. The molecule has 1 saturated heterocycles. The Kier molecular flexibility index (Phi) is 7.01. The van der Waals surface area contributed by atoms with Crippen LogP contribution in [0.4, 0.5) is 0 Å². The van der Waals surface area contributed by atoms with Gasteiger partial charge in [-0.15, -0.1) is 0 Å². The molecule has 96 valence electrons. The van der Waals surface area contributed by atoms with Crippen LogP contribution in [-0.4, -0.2) is 32.0 Å². The highest BCUT2D eigenvalue weighted by atomic mass is 16.5. The van der Waals surface area contributed by atoms with Crippen molar-refractivity contribution in [3.8, 4) is 0 Å². The summed E-state index contributed by atoms with van der Waals surface area (Å²) in [4.78, 5) is 0. The van der Waals surface area contributed by atoms with Crippen molar-refractivity contribution in [1.29, 1.82) is 0 Å². The van der Waals surface area contributed by atoms with Gasteiger partial charge in [0, 0.05) is 19.3 Å². The SMILES string of the molecule is CCCCC(CC)COC1COCCC1N. The molecule has 3 unspecified atom stereocenters. The van der Waals surface area contributed by atoms with E-state index in [0.29, 0.717) is 12.5 Å². The molecule has 1 fully saturated rings. The molecule has 2 N–H and O–H groups in total. The van der Waals surface area contributed by atoms with E-state index in [1.165, 1.54) is 25.7 Å². The average Bonchev–Trinajstić information content (AvgIpc) is 2.31. The van der Waals surface area contributed by atoms with Gasteiger partial charge in [-0.05, 0) is 18.8 Å². The first-order chi connectivity index (χ1) is 7.77. The molecule has 1 heterocycles. The van der Waals surface area contributed by atoms with Crippen LogP contribution in [0.15, 0.2) is 0 Å². The lowest BCUT2D eigenvalue weighted by Crippen LogP contribution is -2.45. The zero-order chi connectivity index (χ0) is 11.8. The lowest BCUT2D eigenvalue weighted by molar-refractivity contribution is -0.0713. The highest BCUT2D eigenvalue weighted by Gasteiger charge is 2.23.